The van der Waals surface area contributed by atoms with Gasteiger partial charge in [-0.15, -0.1) is 0 Å². The third-order valence-electron chi connectivity index (χ3n) is 1.76. The average Bonchev–Trinajstić information content (AvgIpc) is 2.94. The molecule has 0 bridgehead atoms. The molecule has 1 N–H and O–H groups in total. The van der Waals surface area contributed by atoms with Crippen molar-refractivity contribution in [1.82, 2.24) is 15.1 Å². The van der Waals surface area contributed by atoms with Crippen LogP contribution in [0.3, 0.4) is 0 Å². The SMILES string of the molecule is COC(=O)c1sc(NCc2ncon2)nc1Cl. The van der Waals surface area contributed by atoms with Crippen molar-refractivity contribution in [2.45, 2.75) is 6.54 Å². The highest BCUT2D eigenvalue weighted by atomic mass is 35.5. The average molecular weight is 275 g/mol. The zero-order valence-electron chi connectivity index (χ0n) is 8.64. The van der Waals surface area contributed by atoms with E-state index in [0.29, 0.717) is 17.5 Å². The molecule has 0 amide bonds. The summed E-state index contributed by atoms with van der Waals surface area (Å²) in [6, 6.07) is 0. The fourth-order valence-electron chi connectivity index (χ4n) is 1.02. The van der Waals surface area contributed by atoms with Crippen LogP contribution in [0.25, 0.3) is 0 Å². The van der Waals surface area contributed by atoms with Gasteiger partial charge >= 0.3 is 5.97 Å². The minimum absolute atomic E-state index is 0.109. The lowest BCUT2D eigenvalue weighted by atomic mass is 10.6. The molecule has 2 aromatic heterocycles. The number of nitrogens with one attached hydrogen (secondary N) is 1. The third-order valence-corrected chi connectivity index (χ3v) is 3.14. The van der Waals surface area contributed by atoms with Crippen molar-refractivity contribution < 1.29 is 14.1 Å². The first-order valence-electron chi connectivity index (χ1n) is 4.44. The largest absolute Gasteiger partial charge is 0.465 e. The minimum atomic E-state index is -0.514. The maximum atomic E-state index is 11.3. The number of ether oxygens (including phenoxy) is 1. The van der Waals surface area contributed by atoms with E-state index in [1.54, 1.807) is 0 Å². The number of halogens is 1. The van der Waals surface area contributed by atoms with Crippen LogP contribution < -0.4 is 5.32 Å². The van der Waals surface area contributed by atoms with E-state index in [1.807, 2.05) is 0 Å². The summed E-state index contributed by atoms with van der Waals surface area (Å²) in [5, 5.41) is 7.13. The van der Waals surface area contributed by atoms with Crippen LogP contribution in [0.1, 0.15) is 15.5 Å². The van der Waals surface area contributed by atoms with Crippen LogP contribution in [0.15, 0.2) is 10.9 Å². The zero-order chi connectivity index (χ0) is 12.3. The monoisotopic (exact) mass is 274 g/mol. The van der Waals surface area contributed by atoms with Crippen LogP contribution in [-0.2, 0) is 11.3 Å². The fourth-order valence-corrected chi connectivity index (χ4v) is 2.12. The lowest BCUT2D eigenvalue weighted by molar-refractivity contribution is 0.0606. The second kappa shape index (κ2) is 5.11. The summed E-state index contributed by atoms with van der Waals surface area (Å²) in [7, 11) is 1.28. The maximum absolute atomic E-state index is 11.3. The van der Waals surface area contributed by atoms with Gasteiger partial charge in [0.05, 0.1) is 13.7 Å². The van der Waals surface area contributed by atoms with Crippen molar-refractivity contribution in [3.63, 3.8) is 0 Å². The summed E-state index contributed by atoms with van der Waals surface area (Å²) in [4.78, 5) is 19.3. The predicted molar refractivity (Wildman–Crippen MR) is 60.1 cm³/mol. The molecular weight excluding hydrogens is 268 g/mol. The number of methoxy groups -OCH3 is 1. The molecular formula is C8H7ClN4O3S. The molecule has 0 spiro atoms. The van der Waals surface area contributed by atoms with E-state index < -0.39 is 5.97 Å². The number of carbonyl (C=O) groups excluding carboxylic acids is 1. The Labute approximate surface area is 105 Å². The number of anilines is 1. The van der Waals surface area contributed by atoms with E-state index >= 15 is 0 Å². The lowest BCUT2D eigenvalue weighted by Crippen LogP contribution is -2.00. The number of esters is 1. The number of rotatable bonds is 4. The lowest BCUT2D eigenvalue weighted by Gasteiger charge is -1.95. The molecule has 7 nitrogen and oxygen atoms in total. The Morgan fingerprint density at radius 2 is 2.53 bits per heavy atom. The Balaban J connectivity index is 2.05. The second-order valence-corrected chi connectivity index (χ2v) is 4.19. The smallest absolute Gasteiger partial charge is 0.351 e. The van der Waals surface area contributed by atoms with Gasteiger partial charge in [-0.25, -0.2) is 9.78 Å². The van der Waals surface area contributed by atoms with Gasteiger partial charge in [-0.3, -0.25) is 0 Å². The molecule has 0 saturated heterocycles. The van der Waals surface area contributed by atoms with Gasteiger partial charge in [0, 0.05) is 0 Å². The van der Waals surface area contributed by atoms with Gasteiger partial charge in [-0.1, -0.05) is 28.1 Å². The topological polar surface area (TPSA) is 90.1 Å². The van der Waals surface area contributed by atoms with E-state index in [4.69, 9.17) is 11.6 Å². The highest BCUT2D eigenvalue weighted by Crippen LogP contribution is 2.27. The number of hydrogen-bond donors (Lipinski definition) is 1. The van der Waals surface area contributed by atoms with Gasteiger partial charge in [-0.2, -0.15) is 4.98 Å². The molecule has 0 fully saturated rings. The molecule has 9 heteroatoms. The summed E-state index contributed by atoms with van der Waals surface area (Å²) in [6.07, 6.45) is 1.23. The van der Waals surface area contributed by atoms with Gasteiger partial charge in [0.25, 0.3) is 0 Å². The highest BCUT2D eigenvalue weighted by molar-refractivity contribution is 7.18. The first kappa shape index (κ1) is 11.8. The highest BCUT2D eigenvalue weighted by Gasteiger charge is 2.17. The number of nitrogens with zero attached hydrogens (tertiary/aromatic N) is 3. The summed E-state index contributed by atoms with van der Waals surface area (Å²) in [6.45, 7) is 0.334. The van der Waals surface area contributed by atoms with Crippen molar-refractivity contribution in [2.75, 3.05) is 12.4 Å². The second-order valence-electron chi connectivity index (χ2n) is 2.83. The van der Waals surface area contributed by atoms with E-state index in [1.165, 1.54) is 13.5 Å². The van der Waals surface area contributed by atoms with E-state index in [2.05, 4.69) is 29.7 Å². The third kappa shape index (κ3) is 2.71. The predicted octanol–water partition coefficient (Wildman–Crippen LogP) is 1.58. The molecule has 0 atom stereocenters. The van der Waals surface area contributed by atoms with Crippen LogP contribution in [-0.4, -0.2) is 28.2 Å². The number of carbonyl (C=O) groups is 1. The Kier molecular flexibility index (Phi) is 3.55. The Morgan fingerprint density at radius 3 is 3.18 bits per heavy atom. The van der Waals surface area contributed by atoms with Crippen LogP contribution in [0.2, 0.25) is 5.15 Å². The van der Waals surface area contributed by atoms with Crippen LogP contribution in [0.5, 0.6) is 0 Å². The first-order valence-corrected chi connectivity index (χ1v) is 5.64. The van der Waals surface area contributed by atoms with Crippen LogP contribution in [0, 0.1) is 0 Å². The van der Waals surface area contributed by atoms with E-state index in [9.17, 15) is 4.79 Å². The van der Waals surface area contributed by atoms with Gasteiger partial charge in [0.2, 0.25) is 6.39 Å². The fraction of sp³-hybridized carbons (Fsp3) is 0.250. The van der Waals surface area contributed by atoms with E-state index in [0.717, 1.165) is 11.3 Å². The molecule has 0 aliphatic rings. The van der Waals surface area contributed by atoms with Crippen molar-refractivity contribution in [3.05, 3.63) is 22.2 Å². The summed E-state index contributed by atoms with van der Waals surface area (Å²) in [5.41, 5.74) is 0. The minimum Gasteiger partial charge on any atom is -0.465 e. The van der Waals surface area contributed by atoms with E-state index in [-0.39, 0.29) is 10.0 Å². The first-order chi connectivity index (χ1) is 8.20. The molecule has 0 aromatic carbocycles. The van der Waals surface area contributed by atoms with Gasteiger partial charge in [0.15, 0.2) is 21.0 Å². The summed E-state index contributed by atoms with van der Waals surface area (Å²) >= 11 is 6.89. The quantitative estimate of drug-likeness (QED) is 0.846. The molecule has 2 aromatic rings. The molecule has 0 aliphatic heterocycles. The van der Waals surface area contributed by atoms with Gasteiger partial charge in [-0.05, 0) is 0 Å². The normalized spacial score (nSPS) is 10.2. The molecule has 17 heavy (non-hydrogen) atoms. The van der Waals surface area contributed by atoms with Crippen LogP contribution >= 0.6 is 22.9 Å². The van der Waals surface area contributed by atoms with Crippen molar-refractivity contribution >= 4 is 34.0 Å². The van der Waals surface area contributed by atoms with Gasteiger partial charge in [0.1, 0.15) is 0 Å². The molecule has 0 unspecified atom stereocenters. The number of hydrogen-bond acceptors (Lipinski definition) is 8. The number of thiazole rings is 1. The van der Waals surface area contributed by atoms with Crippen molar-refractivity contribution in [2.24, 2.45) is 0 Å². The Hall–Kier alpha value is -1.67. The van der Waals surface area contributed by atoms with Gasteiger partial charge < -0.3 is 14.6 Å². The molecule has 2 heterocycles. The molecule has 90 valence electrons. The Morgan fingerprint density at radius 1 is 1.71 bits per heavy atom. The Bertz CT molecular complexity index is 513. The van der Waals surface area contributed by atoms with Crippen molar-refractivity contribution in [3.8, 4) is 0 Å². The standard InChI is InChI=1S/C8H7ClN4O3S/c1-15-7(14)5-6(9)12-8(17-5)10-2-4-11-3-16-13-4/h3H,2H2,1H3,(H,10,12). The molecule has 2 rings (SSSR count). The van der Waals surface area contributed by atoms with Crippen LogP contribution in [0.4, 0.5) is 5.13 Å². The molecule has 0 radical (unpaired) electrons. The zero-order valence-corrected chi connectivity index (χ0v) is 10.2. The molecule has 0 aliphatic carbocycles. The maximum Gasteiger partial charge on any atom is 0.351 e. The number of aromatic nitrogens is 3. The molecule has 0 saturated carbocycles. The van der Waals surface area contributed by atoms with Crippen molar-refractivity contribution in [1.29, 1.82) is 0 Å². The summed E-state index contributed by atoms with van der Waals surface area (Å²) in [5.74, 6) is -0.0314. The summed E-state index contributed by atoms with van der Waals surface area (Å²) < 4.78 is 9.13.